The maximum Gasteiger partial charge on any atom is 0.434 e. The highest BCUT2D eigenvalue weighted by Gasteiger charge is 2.35. The van der Waals surface area contributed by atoms with E-state index >= 15 is 0 Å². The third-order valence-electron chi connectivity index (χ3n) is 4.60. The van der Waals surface area contributed by atoms with Gasteiger partial charge in [0.05, 0.1) is 19.8 Å². The Balaban J connectivity index is 2.39. The smallest absolute Gasteiger partial charge is 0.434 e. The van der Waals surface area contributed by atoms with E-state index in [-0.39, 0.29) is 39.6 Å². The zero-order chi connectivity index (χ0) is 26.6. The van der Waals surface area contributed by atoms with Crippen molar-refractivity contribution in [3.63, 3.8) is 0 Å². The lowest BCUT2D eigenvalue weighted by Gasteiger charge is -2.17. The maximum absolute atomic E-state index is 14.9. The average Bonchev–Trinajstić information content (AvgIpc) is 3.34. The predicted molar refractivity (Wildman–Crippen MR) is 119 cm³/mol. The van der Waals surface area contributed by atoms with Gasteiger partial charge in [-0.1, -0.05) is 0 Å². The average molecular weight is 527 g/mol. The van der Waals surface area contributed by atoms with Gasteiger partial charge in [0, 0.05) is 41.0 Å². The van der Waals surface area contributed by atoms with Gasteiger partial charge in [0.2, 0.25) is 5.95 Å². The number of amides is 2. The highest BCUT2D eigenvalue weighted by atomic mass is 32.1. The van der Waals surface area contributed by atoms with Gasteiger partial charge in [0.1, 0.15) is 16.4 Å². The number of carbonyl (C=O) groups excluding carboxylic acids is 3. The molecule has 3 heterocycles. The minimum absolute atomic E-state index is 0.181. The second-order valence-electron chi connectivity index (χ2n) is 6.84. The molecule has 0 aliphatic heterocycles. The summed E-state index contributed by atoms with van der Waals surface area (Å²) in [4.78, 5) is 48.0. The van der Waals surface area contributed by atoms with E-state index in [0.717, 1.165) is 32.7 Å². The number of carbonyl (C=O) groups is 3. The quantitative estimate of drug-likeness (QED) is 0.278. The molecule has 190 valence electrons. The largest absolute Gasteiger partial charge is 0.465 e. The first-order valence-corrected chi connectivity index (χ1v) is 10.8. The number of esters is 2. The molecule has 0 atom stereocenters. The molecule has 10 nitrogen and oxygen atoms in total. The second kappa shape index (κ2) is 10.6. The van der Waals surface area contributed by atoms with Gasteiger partial charge in [0.25, 0.3) is 0 Å². The number of thiazole rings is 1. The standard InChI is InChI=1S/C21H17F4N5O5S/c1-4-26-20(33)30-16-14(19(32)35-3)13(17-29-12(8-36-17)21(23,24)25)11(7-28-16)10-5-9(18(31)34-2)6-27-15(10)22/h5-8H,4H2,1-3H3,(H2,26,28,30,33). The Hall–Kier alpha value is -4.14. The van der Waals surface area contributed by atoms with Crippen LogP contribution in [0, 0.1) is 5.95 Å². The first kappa shape index (κ1) is 26.5. The van der Waals surface area contributed by atoms with E-state index in [4.69, 9.17) is 4.74 Å². The van der Waals surface area contributed by atoms with Crippen molar-refractivity contribution in [2.24, 2.45) is 0 Å². The van der Waals surface area contributed by atoms with E-state index in [9.17, 15) is 31.9 Å². The molecular formula is C21H17F4N5O5S. The lowest BCUT2D eigenvalue weighted by atomic mass is 9.97. The zero-order valence-electron chi connectivity index (χ0n) is 18.8. The molecule has 2 N–H and O–H groups in total. The van der Waals surface area contributed by atoms with Crippen LogP contribution in [0.15, 0.2) is 23.8 Å². The summed E-state index contributed by atoms with van der Waals surface area (Å²) >= 11 is 0.510. The topological polar surface area (TPSA) is 132 Å². The first-order chi connectivity index (χ1) is 17.0. The predicted octanol–water partition coefficient (Wildman–Crippen LogP) is 4.14. The number of pyridine rings is 2. The highest BCUT2D eigenvalue weighted by molar-refractivity contribution is 7.13. The van der Waals surface area contributed by atoms with Crippen LogP contribution >= 0.6 is 11.3 Å². The maximum atomic E-state index is 14.9. The van der Waals surface area contributed by atoms with Gasteiger partial charge in [-0.3, -0.25) is 5.32 Å². The highest BCUT2D eigenvalue weighted by Crippen LogP contribution is 2.42. The second-order valence-corrected chi connectivity index (χ2v) is 7.69. The van der Waals surface area contributed by atoms with Crippen LogP contribution in [-0.2, 0) is 15.7 Å². The molecule has 0 radical (unpaired) electrons. The van der Waals surface area contributed by atoms with Gasteiger partial charge in [-0.25, -0.2) is 29.3 Å². The summed E-state index contributed by atoms with van der Waals surface area (Å²) in [5, 5.41) is 5.08. The van der Waals surface area contributed by atoms with Crippen LogP contribution in [0.2, 0.25) is 0 Å². The number of ether oxygens (including phenoxy) is 2. The Bertz CT molecular complexity index is 1330. The van der Waals surface area contributed by atoms with Crippen molar-refractivity contribution < 1.29 is 41.4 Å². The minimum atomic E-state index is -4.81. The third kappa shape index (κ3) is 5.40. The molecule has 0 aromatic carbocycles. The Kier molecular flexibility index (Phi) is 7.82. The number of methoxy groups -OCH3 is 2. The van der Waals surface area contributed by atoms with Crippen LogP contribution < -0.4 is 10.6 Å². The van der Waals surface area contributed by atoms with Gasteiger partial charge >= 0.3 is 24.1 Å². The summed E-state index contributed by atoms with van der Waals surface area (Å²) in [6.07, 6.45) is -2.92. The number of nitrogens with zero attached hydrogens (tertiary/aromatic N) is 3. The van der Waals surface area contributed by atoms with Crippen LogP contribution in [0.3, 0.4) is 0 Å². The molecule has 3 aromatic heterocycles. The van der Waals surface area contributed by atoms with Crippen LogP contribution in [0.4, 0.5) is 28.2 Å². The summed E-state index contributed by atoms with van der Waals surface area (Å²) in [5.74, 6) is -3.48. The van der Waals surface area contributed by atoms with Gasteiger partial charge in [-0.2, -0.15) is 17.6 Å². The van der Waals surface area contributed by atoms with E-state index in [2.05, 4.69) is 30.3 Å². The van der Waals surface area contributed by atoms with Crippen molar-refractivity contribution in [1.29, 1.82) is 0 Å². The summed E-state index contributed by atoms with van der Waals surface area (Å²) in [7, 11) is 2.08. The Morgan fingerprint density at radius 1 is 1.06 bits per heavy atom. The van der Waals surface area contributed by atoms with Crippen molar-refractivity contribution in [3.8, 4) is 21.7 Å². The number of aromatic nitrogens is 3. The molecule has 36 heavy (non-hydrogen) atoms. The Morgan fingerprint density at radius 3 is 2.33 bits per heavy atom. The minimum Gasteiger partial charge on any atom is -0.465 e. The SMILES string of the molecule is CCNC(=O)Nc1ncc(-c2cc(C(=O)OC)cnc2F)c(-c2nc(C(F)(F)F)cs2)c1C(=O)OC. The van der Waals surface area contributed by atoms with Crippen LogP contribution in [0.1, 0.15) is 33.3 Å². The van der Waals surface area contributed by atoms with Crippen molar-refractivity contribution in [1.82, 2.24) is 20.3 Å². The van der Waals surface area contributed by atoms with Crippen molar-refractivity contribution in [2.45, 2.75) is 13.1 Å². The number of anilines is 1. The van der Waals surface area contributed by atoms with Crippen molar-refractivity contribution in [3.05, 3.63) is 46.6 Å². The van der Waals surface area contributed by atoms with Crippen LogP contribution in [0.25, 0.3) is 21.7 Å². The number of rotatable bonds is 6. The number of hydrogen-bond acceptors (Lipinski definition) is 9. The zero-order valence-corrected chi connectivity index (χ0v) is 19.6. The van der Waals surface area contributed by atoms with Gasteiger partial charge in [-0.15, -0.1) is 11.3 Å². The lowest BCUT2D eigenvalue weighted by molar-refractivity contribution is -0.140. The van der Waals surface area contributed by atoms with Crippen LogP contribution in [-0.4, -0.2) is 53.7 Å². The molecule has 0 unspecified atom stereocenters. The Morgan fingerprint density at radius 2 is 1.75 bits per heavy atom. The fourth-order valence-electron chi connectivity index (χ4n) is 3.03. The van der Waals surface area contributed by atoms with Crippen LogP contribution in [0.5, 0.6) is 0 Å². The molecular weight excluding hydrogens is 510 g/mol. The molecule has 15 heteroatoms. The summed E-state index contributed by atoms with van der Waals surface area (Å²) < 4.78 is 64.1. The Labute approximate surface area is 204 Å². The van der Waals surface area contributed by atoms with Gasteiger partial charge in [0.15, 0.2) is 5.69 Å². The fraction of sp³-hybridized carbons (Fsp3) is 0.238. The molecule has 0 saturated carbocycles. The van der Waals surface area contributed by atoms with E-state index in [1.54, 1.807) is 6.92 Å². The summed E-state index contributed by atoms with van der Waals surface area (Å²) in [6.45, 7) is 1.84. The van der Waals surface area contributed by atoms with Gasteiger partial charge < -0.3 is 14.8 Å². The number of hydrogen-bond donors (Lipinski definition) is 2. The molecule has 0 bridgehead atoms. The fourth-order valence-corrected chi connectivity index (χ4v) is 3.92. The monoisotopic (exact) mass is 527 g/mol. The number of urea groups is 1. The van der Waals surface area contributed by atoms with E-state index in [1.165, 1.54) is 0 Å². The van der Waals surface area contributed by atoms with Crippen molar-refractivity contribution >= 4 is 35.1 Å². The third-order valence-corrected chi connectivity index (χ3v) is 5.46. The molecule has 2 amide bonds. The first-order valence-electron chi connectivity index (χ1n) is 9.95. The molecule has 0 fully saturated rings. The van der Waals surface area contributed by atoms with E-state index in [0.29, 0.717) is 16.7 Å². The van der Waals surface area contributed by atoms with Crippen molar-refractivity contribution in [2.75, 3.05) is 26.1 Å². The summed E-state index contributed by atoms with van der Waals surface area (Å²) in [6, 6.07) is 0.259. The molecule has 0 aliphatic carbocycles. The lowest BCUT2D eigenvalue weighted by Crippen LogP contribution is -2.29. The van der Waals surface area contributed by atoms with Gasteiger partial charge in [-0.05, 0) is 13.0 Å². The number of alkyl halides is 3. The number of halogens is 4. The summed E-state index contributed by atoms with van der Waals surface area (Å²) in [5.41, 5.74) is -2.89. The molecule has 3 aromatic rings. The molecule has 3 rings (SSSR count). The van der Waals surface area contributed by atoms with E-state index in [1.807, 2.05) is 0 Å². The van der Waals surface area contributed by atoms with E-state index < -0.39 is 41.4 Å². The molecule has 0 saturated heterocycles. The molecule has 0 spiro atoms. The number of nitrogens with one attached hydrogen (secondary N) is 2. The molecule has 0 aliphatic rings. The normalized spacial score (nSPS) is 11.1.